The number of hydrogen-bond acceptors (Lipinski definition) is 3. The van der Waals surface area contributed by atoms with Gasteiger partial charge in [0.25, 0.3) is 5.91 Å². The number of benzene rings is 3. The molecular formula is C24H23NO3. The highest BCUT2D eigenvalue weighted by Crippen LogP contribution is 2.19. The zero-order chi connectivity index (χ0) is 19.6. The fourth-order valence-electron chi connectivity index (χ4n) is 2.66. The molecule has 0 heterocycles. The molecule has 1 N–H and O–H groups in total. The maximum absolute atomic E-state index is 12.4. The summed E-state index contributed by atoms with van der Waals surface area (Å²) >= 11 is 0. The van der Waals surface area contributed by atoms with E-state index in [0.717, 1.165) is 12.2 Å². The Morgan fingerprint density at radius 1 is 0.893 bits per heavy atom. The molecule has 28 heavy (non-hydrogen) atoms. The van der Waals surface area contributed by atoms with Crippen LogP contribution in [-0.4, -0.2) is 19.1 Å². The van der Waals surface area contributed by atoms with Gasteiger partial charge in [0.05, 0.1) is 6.61 Å². The van der Waals surface area contributed by atoms with E-state index in [-0.39, 0.29) is 5.91 Å². The third-order valence-electron chi connectivity index (χ3n) is 4.08. The predicted octanol–water partition coefficient (Wildman–Crippen LogP) is 5.13. The number of carbonyl (C=O) groups is 1. The molecule has 4 heteroatoms. The second-order valence-corrected chi connectivity index (χ2v) is 6.19. The van der Waals surface area contributed by atoms with E-state index >= 15 is 0 Å². The molecule has 0 aliphatic heterocycles. The van der Waals surface area contributed by atoms with Gasteiger partial charge in [0.2, 0.25) is 0 Å². The van der Waals surface area contributed by atoms with Gasteiger partial charge in [-0.25, -0.2) is 0 Å². The van der Waals surface area contributed by atoms with Gasteiger partial charge in [-0.15, -0.1) is 0 Å². The largest absolute Gasteiger partial charge is 0.493 e. The van der Waals surface area contributed by atoms with Crippen molar-refractivity contribution in [3.63, 3.8) is 0 Å². The van der Waals surface area contributed by atoms with Crippen LogP contribution in [-0.2, 0) is 6.42 Å². The van der Waals surface area contributed by atoms with E-state index in [1.807, 2.05) is 42.5 Å². The van der Waals surface area contributed by atoms with Crippen LogP contribution in [0.5, 0.6) is 11.5 Å². The number of amides is 1. The van der Waals surface area contributed by atoms with Crippen molar-refractivity contribution in [1.82, 2.24) is 0 Å². The lowest BCUT2D eigenvalue weighted by atomic mass is 10.2. The summed E-state index contributed by atoms with van der Waals surface area (Å²) in [4.78, 5) is 12.4. The zero-order valence-electron chi connectivity index (χ0n) is 15.6. The molecule has 0 radical (unpaired) electrons. The fourth-order valence-corrected chi connectivity index (χ4v) is 2.66. The Bertz CT molecular complexity index is 905. The van der Waals surface area contributed by atoms with Crippen molar-refractivity contribution in [3.05, 3.63) is 103 Å². The van der Waals surface area contributed by atoms with Crippen LogP contribution in [0.25, 0.3) is 0 Å². The number of carbonyl (C=O) groups excluding carboxylic acids is 1. The van der Waals surface area contributed by atoms with Gasteiger partial charge in [-0.3, -0.25) is 4.79 Å². The first-order chi connectivity index (χ1) is 13.7. The molecule has 0 bridgehead atoms. The summed E-state index contributed by atoms with van der Waals surface area (Å²) in [5.41, 5.74) is 2.48. The fraction of sp³-hybridized carbons (Fsp3) is 0.125. The Labute approximate surface area is 165 Å². The van der Waals surface area contributed by atoms with E-state index in [1.165, 1.54) is 5.56 Å². The summed E-state index contributed by atoms with van der Waals surface area (Å²) in [7, 11) is 0. The van der Waals surface area contributed by atoms with Gasteiger partial charge in [-0.2, -0.15) is 0 Å². The molecule has 0 saturated heterocycles. The van der Waals surface area contributed by atoms with E-state index in [4.69, 9.17) is 9.47 Å². The molecule has 3 rings (SSSR count). The van der Waals surface area contributed by atoms with Crippen LogP contribution in [0.15, 0.2) is 91.5 Å². The molecule has 0 atom stereocenters. The third kappa shape index (κ3) is 5.74. The summed E-state index contributed by atoms with van der Waals surface area (Å²) in [5.74, 6) is 1.24. The van der Waals surface area contributed by atoms with Crippen molar-refractivity contribution >= 4 is 11.6 Å². The van der Waals surface area contributed by atoms with Crippen molar-refractivity contribution in [3.8, 4) is 11.5 Å². The number of ether oxygens (including phenoxy) is 2. The number of anilines is 1. The Morgan fingerprint density at radius 3 is 2.43 bits per heavy atom. The number of rotatable bonds is 9. The van der Waals surface area contributed by atoms with E-state index in [9.17, 15) is 4.79 Å². The second kappa shape index (κ2) is 9.97. The third-order valence-corrected chi connectivity index (χ3v) is 4.08. The summed E-state index contributed by atoms with van der Waals surface area (Å²) in [6.45, 7) is 4.62. The van der Waals surface area contributed by atoms with E-state index in [1.54, 1.807) is 30.3 Å². The minimum Gasteiger partial charge on any atom is -0.493 e. The first-order valence-corrected chi connectivity index (χ1v) is 9.16. The first-order valence-electron chi connectivity index (χ1n) is 9.16. The van der Waals surface area contributed by atoms with Crippen LogP contribution in [0.2, 0.25) is 0 Å². The summed E-state index contributed by atoms with van der Waals surface area (Å²) < 4.78 is 11.2. The topological polar surface area (TPSA) is 47.6 Å². The van der Waals surface area contributed by atoms with E-state index < -0.39 is 0 Å². The van der Waals surface area contributed by atoms with Crippen LogP contribution in [0.1, 0.15) is 15.9 Å². The van der Waals surface area contributed by atoms with Gasteiger partial charge in [-0.05, 0) is 42.0 Å². The van der Waals surface area contributed by atoms with Crippen LogP contribution < -0.4 is 14.8 Å². The Hall–Kier alpha value is -3.53. The SMILES string of the molecule is C=CCOc1ccc(C(=O)Nc2cccc(OCCc3ccccc3)c2)cc1. The average Bonchev–Trinajstić information content (AvgIpc) is 2.74. The summed E-state index contributed by atoms with van der Waals surface area (Å²) in [6.07, 6.45) is 2.51. The summed E-state index contributed by atoms with van der Waals surface area (Å²) in [6, 6.07) is 24.6. The quantitative estimate of drug-likeness (QED) is 0.529. The van der Waals surface area contributed by atoms with Gasteiger partial charge in [0.15, 0.2) is 0 Å². The maximum atomic E-state index is 12.4. The van der Waals surface area contributed by atoms with Crippen LogP contribution in [0.3, 0.4) is 0 Å². The van der Waals surface area contributed by atoms with Crippen LogP contribution in [0.4, 0.5) is 5.69 Å². The highest BCUT2D eigenvalue weighted by atomic mass is 16.5. The highest BCUT2D eigenvalue weighted by Gasteiger charge is 2.07. The maximum Gasteiger partial charge on any atom is 0.255 e. The van der Waals surface area contributed by atoms with Gasteiger partial charge >= 0.3 is 0 Å². The van der Waals surface area contributed by atoms with Gasteiger partial charge in [0, 0.05) is 23.7 Å². The number of hydrogen-bond donors (Lipinski definition) is 1. The molecule has 3 aromatic rings. The molecule has 0 spiro atoms. The molecule has 0 aromatic heterocycles. The molecule has 0 aliphatic rings. The van der Waals surface area contributed by atoms with Crippen molar-refractivity contribution in [1.29, 1.82) is 0 Å². The normalized spacial score (nSPS) is 10.1. The molecule has 4 nitrogen and oxygen atoms in total. The zero-order valence-corrected chi connectivity index (χ0v) is 15.6. The molecule has 0 unspecified atom stereocenters. The van der Waals surface area contributed by atoms with Crippen molar-refractivity contribution in [2.24, 2.45) is 0 Å². The second-order valence-electron chi connectivity index (χ2n) is 6.19. The minimum absolute atomic E-state index is 0.184. The predicted molar refractivity (Wildman–Crippen MR) is 112 cm³/mol. The first kappa shape index (κ1) is 19.2. The van der Waals surface area contributed by atoms with Crippen molar-refractivity contribution in [2.45, 2.75) is 6.42 Å². The highest BCUT2D eigenvalue weighted by molar-refractivity contribution is 6.04. The number of nitrogens with one attached hydrogen (secondary N) is 1. The molecule has 1 amide bonds. The van der Waals surface area contributed by atoms with Crippen molar-refractivity contribution in [2.75, 3.05) is 18.5 Å². The molecule has 0 saturated carbocycles. The van der Waals surface area contributed by atoms with Crippen molar-refractivity contribution < 1.29 is 14.3 Å². The average molecular weight is 373 g/mol. The summed E-state index contributed by atoms with van der Waals surface area (Å²) in [5, 5.41) is 2.89. The Morgan fingerprint density at radius 2 is 1.68 bits per heavy atom. The molecule has 3 aromatic carbocycles. The molecule has 0 aliphatic carbocycles. The van der Waals surface area contributed by atoms with Gasteiger partial charge in [-0.1, -0.05) is 49.1 Å². The van der Waals surface area contributed by atoms with E-state index in [2.05, 4.69) is 24.0 Å². The van der Waals surface area contributed by atoms with Crippen LogP contribution in [0, 0.1) is 0 Å². The smallest absolute Gasteiger partial charge is 0.255 e. The van der Waals surface area contributed by atoms with Crippen LogP contribution >= 0.6 is 0 Å². The molecule has 142 valence electrons. The van der Waals surface area contributed by atoms with Gasteiger partial charge < -0.3 is 14.8 Å². The molecule has 0 fully saturated rings. The standard InChI is InChI=1S/C24H23NO3/c1-2-16-27-22-13-11-20(12-14-22)24(26)25-21-9-6-10-23(18-21)28-17-15-19-7-4-3-5-8-19/h2-14,18H,1,15-17H2,(H,25,26). The monoisotopic (exact) mass is 373 g/mol. The lowest BCUT2D eigenvalue weighted by Gasteiger charge is -2.10. The Balaban J connectivity index is 1.54. The minimum atomic E-state index is -0.184. The molecular weight excluding hydrogens is 350 g/mol. The lowest BCUT2D eigenvalue weighted by molar-refractivity contribution is 0.102. The lowest BCUT2D eigenvalue weighted by Crippen LogP contribution is -2.12. The van der Waals surface area contributed by atoms with E-state index in [0.29, 0.717) is 30.2 Å². The Kier molecular flexibility index (Phi) is 6.85. The van der Waals surface area contributed by atoms with Gasteiger partial charge in [0.1, 0.15) is 18.1 Å².